The van der Waals surface area contributed by atoms with Crippen LogP contribution in [0.3, 0.4) is 0 Å². The van der Waals surface area contributed by atoms with E-state index >= 15 is 0 Å². The molecular formula is C34H34N2O2. The van der Waals surface area contributed by atoms with Crippen LogP contribution in [0.15, 0.2) is 85.1 Å². The van der Waals surface area contributed by atoms with Crippen molar-refractivity contribution in [3.8, 4) is 11.5 Å². The van der Waals surface area contributed by atoms with Crippen LogP contribution < -0.4 is 9.47 Å². The molecule has 0 amide bonds. The molecule has 4 nitrogen and oxygen atoms in total. The Morgan fingerprint density at radius 2 is 1.82 bits per heavy atom. The van der Waals surface area contributed by atoms with E-state index in [0.29, 0.717) is 6.04 Å². The predicted molar refractivity (Wildman–Crippen MR) is 155 cm³/mol. The normalized spacial score (nSPS) is 23.6. The lowest BCUT2D eigenvalue weighted by molar-refractivity contribution is -0.0480. The van der Waals surface area contributed by atoms with E-state index in [9.17, 15) is 0 Å². The molecule has 1 aromatic heterocycles. The van der Waals surface area contributed by atoms with Crippen LogP contribution in [0.25, 0.3) is 32.4 Å². The number of pyridine rings is 1. The van der Waals surface area contributed by atoms with Crippen molar-refractivity contribution in [3.05, 3.63) is 90.6 Å². The van der Waals surface area contributed by atoms with Gasteiger partial charge in [0.15, 0.2) is 0 Å². The molecule has 38 heavy (non-hydrogen) atoms. The molecule has 5 atom stereocenters. The zero-order valence-electron chi connectivity index (χ0n) is 22.1. The van der Waals surface area contributed by atoms with Crippen LogP contribution >= 0.6 is 0 Å². The molecule has 4 aromatic carbocycles. The van der Waals surface area contributed by atoms with Gasteiger partial charge < -0.3 is 9.47 Å². The maximum absolute atomic E-state index is 7.20. The van der Waals surface area contributed by atoms with Gasteiger partial charge in [-0.2, -0.15) is 0 Å². The van der Waals surface area contributed by atoms with Gasteiger partial charge in [-0.3, -0.25) is 9.88 Å². The van der Waals surface area contributed by atoms with Crippen LogP contribution in [0.5, 0.6) is 11.5 Å². The van der Waals surface area contributed by atoms with Gasteiger partial charge >= 0.3 is 0 Å². The SMILES string of the molecule is CC[C@H]1CN2CC[C@H]1C[C@@H]2[C@@H](Oc1cccc2c1ccc1ccccc12)c1ccnc2ccc(OC)cc12. The molecule has 0 aliphatic carbocycles. The number of piperidine rings is 3. The molecule has 0 saturated carbocycles. The van der Waals surface area contributed by atoms with E-state index in [4.69, 9.17) is 9.47 Å². The fourth-order valence-corrected chi connectivity index (χ4v) is 7.08. The Morgan fingerprint density at radius 3 is 2.66 bits per heavy atom. The van der Waals surface area contributed by atoms with Crippen LogP contribution in [-0.4, -0.2) is 36.1 Å². The molecular weight excluding hydrogens is 468 g/mol. The fourth-order valence-electron chi connectivity index (χ4n) is 7.08. The van der Waals surface area contributed by atoms with E-state index in [1.165, 1.54) is 41.0 Å². The van der Waals surface area contributed by atoms with Crippen LogP contribution in [0, 0.1) is 11.8 Å². The first-order valence-electron chi connectivity index (χ1n) is 14.0. The number of benzene rings is 4. The smallest absolute Gasteiger partial charge is 0.140 e. The Balaban J connectivity index is 1.38. The van der Waals surface area contributed by atoms with Gasteiger partial charge in [0, 0.05) is 29.1 Å². The lowest BCUT2D eigenvalue weighted by Gasteiger charge is -2.52. The van der Waals surface area contributed by atoms with Crippen molar-refractivity contribution in [2.75, 3.05) is 20.2 Å². The zero-order chi connectivity index (χ0) is 25.6. The van der Waals surface area contributed by atoms with E-state index in [-0.39, 0.29) is 6.10 Å². The molecule has 4 heterocycles. The van der Waals surface area contributed by atoms with E-state index in [1.54, 1.807) is 7.11 Å². The molecule has 4 heteroatoms. The van der Waals surface area contributed by atoms with Gasteiger partial charge in [-0.15, -0.1) is 0 Å². The minimum Gasteiger partial charge on any atom is -0.497 e. The highest BCUT2D eigenvalue weighted by molar-refractivity contribution is 6.09. The number of rotatable bonds is 6. The summed E-state index contributed by atoms with van der Waals surface area (Å²) in [5, 5.41) is 6.02. The van der Waals surface area contributed by atoms with E-state index in [0.717, 1.165) is 52.7 Å². The molecule has 192 valence electrons. The quantitative estimate of drug-likeness (QED) is 0.222. The van der Waals surface area contributed by atoms with Crippen LogP contribution in [0.1, 0.15) is 37.9 Å². The maximum atomic E-state index is 7.20. The van der Waals surface area contributed by atoms with Gasteiger partial charge in [-0.05, 0) is 77.7 Å². The monoisotopic (exact) mass is 502 g/mol. The molecule has 0 N–H and O–H groups in total. The lowest BCUT2D eigenvalue weighted by atomic mass is 9.72. The number of fused-ring (bicyclic) bond motifs is 7. The van der Waals surface area contributed by atoms with Gasteiger partial charge in [0.25, 0.3) is 0 Å². The summed E-state index contributed by atoms with van der Waals surface area (Å²) in [6, 6.07) is 28.2. The minimum absolute atomic E-state index is 0.106. The average Bonchev–Trinajstić information content (AvgIpc) is 2.99. The summed E-state index contributed by atoms with van der Waals surface area (Å²) in [5.74, 6) is 3.35. The Labute approximate surface area is 224 Å². The molecule has 1 unspecified atom stereocenters. The first-order valence-corrected chi connectivity index (χ1v) is 14.0. The number of hydrogen-bond donors (Lipinski definition) is 0. The van der Waals surface area contributed by atoms with Crippen LogP contribution in [0.2, 0.25) is 0 Å². The summed E-state index contributed by atoms with van der Waals surface area (Å²) in [6.07, 6.45) is 5.55. The summed E-state index contributed by atoms with van der Waals surface area (Å²) in [7, 11) is 1.72. The summed E-state index contributed by atoms with van der Waals surface area (Å²) < 4.78 is 12.8. The Morgan fingerprint density at radius 1 is 0.921 bits per heavy atom. The second-order valence-corrected chi connectivity index (χ2v) is 11.0. The van der Waals surface area contributed by atoms with E-state index in [1.807, 2.05) is 12.3 Å². The van der Waals surface area contributed by atoms with Gasteiger partial charge in [-0.1, -0.05) is 61.9 Å². The number of nitrogens with zero attached hydrogens (tertiary/aromatic N) is 2. The third-order valence-corrected chi connectivity index (χ3v) is 9.10. The van der Waals surface area contributed by atoms with Crippen molar-refractivity contribution in [2.24, 2.45) is 11.8 Å². The largest absolute Gasteiger partial charge is 0.497 e. The molecule has 3 fully saturated rings. The number of ether oxygens (including phenoxy) is 2. The Hall–Kier alpha value is -3.63. The molecule has 3 aliphatic heterocycles. The second-order valence-electron chi connectivity index (χ2n) is 11.0. The van der Waals surface area contributed by atoms with Gasteiger partial charge in [0.2, 0.25) is 0 Å². The summed E-state index contributed by atoms with van der Waals surface area (Å²) in [6.45, 7) is 4.66. The van der Waals surface area contributed by atoms with Crippen molar-refractivity contribution >= 4 is 32.4 Å². The van der Waals surface area contributed by atoms with Gasteiger partial charge in [-0.25, -0.2) is 0 Å². The first-order chi connectivity index (χ1) is 18.7. The van der Waals surface area contributed by atoms with Crippen LogP contribution in [0.4, 0.5) is 0 Å². The number of aromatic nitrogens is 1. The average molecular weight is 503 g/mol. The van der Waals surface area contributed by atoms with Crippen LogP contribution in [-0.2, 0) is 0 Å². The van der Waals surface area contributed by atoms with Crippen molar-refractivity contribution in [1.82, 2.24) is 9.88 Å². The molecule has 8 rings (SSSR count). The molecule has 2 bridgehead atoms. The van der Waals surface area contributed by atoms with Gasteiger partial charge in [0.05, 0.1) is 18.7 Å². The standard InChI is InChI=1S/C34H34N2O2/c1-3-22-21-36-18-16-24(22)19-32(36)34(29-15-17-35-31-14-12-25(37-2)20-30(29)31)38-33-10-6-9-27-26-8-5-4-7-23(26)11-13-28(27)33/h4-15,17,20,22,24,32,34H,3,16,18-19,21H2,1-2H3/t22-,24-,32+,34-/m0/s1. The lowest BCUT2D eigenvalue weighted by Crippen LogP contribution is -2.56. The van der Waals surface area contributed by atoms with Gasteiger partial charge in [0.1, 0.15) is 17.6 Å². The number of methoxy groups -OCH3 is 1. The van der Waals surface area contributed by atoms with Crippen molar-refractivity contribution in [2.45, 2.75) is 38.3 Å². The predicted octanol–water partition coefficient (Wildman–Crippen LogP) is 7.79. The summed E-state index contributed by atoms with van der Waals surface area (Å²) in [5.41, 5.74) is 2.17. The highest BCUT2D eigenvalue weighted by atomic mass is 16.5. The highest BCUT2D eigenvalue weighted by Crippen LogP contribution is 2.45. The Kier molecular flexibility index (Phi) is 5.93. The first kappa shape index (κ1) is 23.5. The number of hydrogen-bond acceptors (Lipinski definition) is 4. The second kappa shape index (κ2) is 9.59. The molecule has 3 saturated heterocycles. The minimum atomic E-state index is -0.106. The summed E-state index contributed by atoms with van der Waals surface area (Å²) in [4.78, 5) is 7.38. The highest BCUT2D eigenvalue weighted by Gasteiger charge is 2.44. The topological polar surface area (TPSA) is 34.6 Å². The third kappa shape index (κ3) is 3.90. The molecule has 5 aromatic rings. The molecule has 0 spiro atoms. The zero-order valence-corrected chi connectivity index (χ0v) is 22.1. The summed E-state index contributed by atoms with van der Waals surface area (Å²) >= 11 is 0. The maximum Gasteiger partial charge on any atom is 0.140 e. The van der Waals surface area contributed by atoms with Crippen molar-refractivity contribution in [3.63, 3.8) is 0 Å². The van der Waals surface area contributed by atoms with E-state index in [2.05, 4.69) is 89.6 Å². The van der Waals surface area contributed by atoms with Crippen molar-refractivity contribution < 1.29 is 9.47 Å². The Bertz CT molecular complexity index is 1630. The van der Waals surface area contributed by atoms with Crippen molar-refractivity contribution in [1.29, 1.82) is 0 Å². The molecule has 0 radical (unpaired) electrons. The van der Waals surface area contributed by atoms with E-state index < -0.39 is 0 Å². The third-order valence-electron chi connectivity index (χ3n) is 9.10. The molecule has 3 aliphatic rings. The fraction of sp³-hybridized carbons (Fsp3) is 0.324.